The maximum absolute atomic E-state index is 12.2. The van der Waals surface area contributed by atoms with E-state index in [9.17, 15) is 14.4 Å². The Bertz CT molecular complexity index is 609. The van der Waals surface area contributed by atoms with Crippen LogP contribution in [0.4, 0.5) is 0 Å². The summed E-state index contributed by atoms with van der Waals surface area (Å²) in [6, 6.07) is 7.09. The number of methoxy groups -OCH3 is 3. The van der Waals surface area contributed by atoms with Gasteiger partial charge in [-0.05, 0) is 11.6 Å². The third-order valence-corrected chi connectivity index (χ3v) is 4.16. The molecule has 2 atom stereocenters. The smallest absolute Gasteiger partial charge is 0.320 e. The molecular weight excluding hydrogens is 316 g/mol. The van der Waals surface area contributed by atoms with Crippen LogP contribution in [0.3, 0.4) is 0 Å². The van der Waals surface area contributed by atoms with Crippen molar-refractivity contribution >= 4 is 17.9 Å². The number of benzene rings is 1. The lowest BCUT2D eigenvalue weighted by Crippen LogP contribution is -2.40. The van der Waals surface area contributed by atoms with Crippen LogP contribution in [-0.2, 0) is 28.6 Å². The summed E-state index contributed by atoms with van der Waals surface area (Å²) in [7, 11) is 3.70. The largest absolute Gasteiger partial charge is 0.493 e. The SMILES string of the molecule is COC(=O)C[C@H]1COc2ccccc2C1C(C(=O)OC)C(=O)OC. The zero-order valence-electron chi connectivity index (χ0n) is 13.8. The summed E-state index contributed by atoms with van der Waals surface area (Å²) in [6.45, 7) is 0.182. The average Bonchev–Trinajstić information content (AvgIpc) is 2.62. The Balaban J connectivity index is 2.49. The van der Waals surface area contributed by atoms with Crippen LogP contribution >= 0.6 is 0 Å². The van der Waals surface area contributed by atoms with E-state index >= 15 is 0 Å². The Hall–Kier alpha value is -2.57. The minimum atomic E-state index is -1.18. The Labute approximate surface area is 139 Å². The van der Waals surface area contributed by atoms with Crippen LogP contribution in [0, 0.1) is 11.8 Å². The van der Waals surface area contributed by atoms with Crippen LogP contribution in [0.1, 0.15) is 17.9 Å². The van der Waals surface area contributed by atoms with Gasteiger partial charge in [0.15, 0.2) is 5.92 Å². The van der Waals surface area contributed by atoms with Crippen molar-refractivity contribution in [2.75, 3.05) is 27.9 Å². The van der Waals surface area contributed by atoms with E-state index in [0.717, 1.165) is 0 Å². The van der Waals surface area contributed by atoms with E-state index in [4.69, 9.17) is 18.9 Å². The van der Waals surface area contributed by atoms with Gasteiger partial charge in [0.1, 0.15) is 5.75 Å². The monoisotopic (exact) mass is 336 g/mol. The van der Waals surface area contributed by atoms with E-state index in [1.807, 2.05) is 0 Å². The fourth-order valence-electron chi connectivity index (χ4n) is 3.02. The second-order valence-electron chi connectivity index (χ2n) is 5.44. The Morgan fingerprint density at radius 1 is 1.08 bits per heavy atom. The second-order valence-corrected chi connectivity index (χ2v) is 5.44. The maximum atomic E-state index is 12.2. The summed E-state index contributed by atoms with van der Waals surface area (Å²) in [6.07, 6.45) is 0.0139. The Morgan fingerprint density at radius 3 is 2.29 bits per heavy atom. The van der Waals surface area contributed by atoms with Gasteiger partial charge in [-0.2, -0.15) is 0 Å². The number of rotatable bonds is 5. The highest BCUT2D eigenvalue weighted by atomic mass is 16.5. The molecular formula is C17H20O7. The van der Waals surface area contributed by atoms with Gasteiger partial charge in [0.25, 0.3) is 0 Å². The predicted molar refractivity (Wildman–Crippen MR) is 82.3 cm³/mol. The van der Waals surface area contributed by atoms with Gasteiger partial charge in [-0.1, -0.05) is 18.2 Å². The van der Waals surface area contributed by atoms with Crippen molar-refractivity contribution in [3.8, 4) is 5.75 Å². The summed E-state index contributed by atoms with van der Waals surface area (Å²) in [5.74, 6) is -3.50. The first kappa shape index (κ1) is 17.8. The molecule has 1 unspecified atom stereocenters. The van der Waals surface area contributed by atoms with Crippen molar-refractivity contribution in [1.82, 2.24) is 0 Å². The van der Waals surface area contributed by atoms with Crippen LogP contribution < -0.4 is 4.74 Å². The average molecular weight is 336 g/mol. The second kappa shape index (κ2) is 7.81. The molecule has 1 aromatic carbocycles. The summed E-state index contributed by atoms with van der Waals surface area (Å²) in [5, 5.41) is 0. The molecule has 0 bridgehead atoms. The Kier molecular flexibility index (Phi) is 5.78. The van der Waals surface area contributed by atoms with Gasteiger partial charge in [0.2, 0.25) is 0 Å². The number of para-hydroxylation sites is 1. The lowest BCUT2D eigenvalue weighted by molar-refractivity contribution is -0.162. The standard InChI is InChI=1S/C17H20O7/c1-21-13(18)8-10-9-24-12-7-5-4-6-11(12)14(10)15(16(19)22-2)17(20)23-3/h4-7,10,14-15H,8-9H2,1-3H3/t10-,14?/m0/s1. The lowest BCUT2D eigenvalue weighted by atomic mass is 9.74. The molecule has 24 heavy (non-hydrogen) atoms. The first-order valence-electron chi connectivity index (χ1n) is 7.47. The van der Waals surface area contributed by atoms with Crippen LogP contribution in [0.5, 0.6) is 5.75 Å². The van der Waals surface area contributed by atoms with Crippen LogP contribution in [0.25, 0.3) is 0 Å². The number of fused-ring (bicyclic) bond motifs is 1. The number of hydrogen-bond acceptors (Lipinski definition) is 7. The highest BCUT2D eigenvalue weighted by molar-refractivity contribution is 5.96. The fourth-order valence-corrected chi connectivity index (χ4v) is 3.02. The summed E-state index contributed by atoms with van der Waals surface area (Å²) in [4.78, 5) is 36.2. The number of hydrogen-bond donors (Lipinski definition) is 0. The highest BCUT2D eigenvalue weighted by Gasteiger charge is 2.46. The quantitative estimate of drug-likeness (QED) is 0.455. The number of esters is 3. The van der Waals surface area contributed by atoms with Crippen molar-refractivity contribution in [2.24, 2.45) is 11.8 Å². The van der Waals surface area contributed by atoms with Gasteiger partial charge in [-0.15, -0.1) is 0 Å². The predicted octanol–water partition coefficient (Wildman–Crippen LogP) is 1.30. The summed E-state index contributed by atoms with van der Waals surface area (Å²) < 4.78 is 20.0. The number of ether oxygens (including phenoxy) is 4. The molecule has 130 valence electrons. The molecule has 1 aromatic rings. The van der Waals surface area contributed by atoms with Crippen LogP contribution in [0.2, 0.25) is 0 Å². The topological polar surface area (TPSA) is 88.1 Å². The van der Waals surface area contributed by atoms with Crippen LogP contribution in [-0.4, -0.2) is 45.8 Å². The molecule has 0 N–H and O–H groups in total. The van der Waals surface area contributed by atoms with E-state index in [-0.39, 0.29) is 13.0 Å². The molecule has 1 aliphatic rings. The molecule has 0 spiro atoms. The van der Waals surface area contributed by atoms with E-state index < -0.39 is 35.7 Å². The molecule has 0 aromatic heterocycles. The van der Waals surface area contributed by atoms with Crippen molar-refractivity contribution in [1.29, 1.82) is 0 Å². The normalized spacial score (nSPS) is 19.0. The molecule has 0 saturated carbocycles. The lowest BCUT2D eigenvalue weighted by Gasteiger charge is -2.35. The first-order valence-corrected chi connectivity index (χ1v) is 7.47. The third kappa shape index (κ3) is 3.50. The number of carbonyl (C=O) groups is 3. The molecule has 0 saturated heterocycles. The fraction of sp³-hybridized carbons (Fsp3) is 0.471. The maximum Gasteiger partial charge on any atom is 0.320 e. The highest BCUT2D eigenvalue weighted by Crippen LogP contribution is 2.43. The van der Waals surface area contributed by atoms with Gasteiger partial charge >= 0.3 is 17.9 Å². The van der Waals surface area contributed by atoms with Crippen molar-refractivity contribution < 1.29 is 33.3 Å². The van der Waals surface area contributed by atoms with Crippen LogP contribution in [0.15, 0.2) is 24.3 Å². The third-order valence-electron chi connectivity index (χ3n) is 4.16. The molecule has 0 aliphatic carbocycles. The molecule has 0 radical (unpaired) electrons. The molecule has 0 amide bonds. The number of carbonyl (C=O) groups excluding carboxylic acids is 3. The minimum absolute atomic E-state index is 0.0139. The van der Waals surface area contributed by atoms with Crippen molar-refractivity contribution in [3.05, 3.63) is 29.8 Å². The molecule has 0 fully saturated rings. The minimum Gasteiger partial charge on any atom is -0.493 e. The first-order chi connectivity index (χ1) is 11.5. The van der Waals surface area contributed by atoms with Gasteiger partial charge in [-0.25, -0.2) is 0 Å². The molecule has 7 heteroatoms. The van der Waals surface area contributed by atoms with Crippen molar-refractivity contribution in [3.63, 3.8) is 0 Å². The molecule has 7 nitrogen and oxygen atoms in total. The Morgan fingerprint density at radius 2 is 1.71 bits per heavy atom. The van der Waals surface area contributed by atoms with Gasteiger partial charge < -0.3 is 18.9 Å². The molecule has 1 aliphatic heterocycles. The zero-order chi connectivity index (χ0) is 17.7. The summed E-state index contributed by atoms with van der Waals surface area (Å²) >= 11 is 0. The van der Waals surface area contributed by atoms with Gasteiger partial charge in [0, 0.05) is 11.8 Å². The van der Waals surface area contributed by atoms with E-state index in [1.165, 1.54) is 21.3 Å². The molecule has 2 rings (SSSR count). The molecule has 1 heterocycles. The van der Waals surface area contributed by atoms with Crippen molar-refractivity contribution in [2.45, 2.75) is 12.3 Å². The zero-order valence-corrected chi connectivity index (χ0v) is 13.8. The van der Waals surface area contributed by atoms with E-state index in [0.29, 0.717) is 11.3 Å². The van der Waals surface area contributed by atoms with E-state index in [2.05, 4.69) is 0 Å². The summed E-state index contributed by atoms with van der Waals surface area (Å²) in [5.41, 5.74) is 0.665. The van der Waals surface area contributed by atoms with Gasteiger partial charge in [0.05, 0.1) is 34.4 Å². The van der Waals surface area contributed by atoms with E-state index in [1.54, 1.807) is 24.3 Å². The van der Waals surface area contributed by atoms with Gasteiger partial charge in [-0.3, -0.25) is 14.4 Å².